The maximum absolute atomic E-state index is 14.1. The second-order valence-electron chi connectivity index (χ2n) is 10.5. The molecule has 0 bridgehead atoms. The first-order valence-electron chi connectivity index (χ1n) is 13.5. The number of nitrogens with zero attached hydrogens (tertiary/aromatic N) is 2. The van der Waals surface area contributed by atoms with Crippen molar-refractivity contribution in [2.45, 2.75) is 57.7 Å². The standard InChI is InChI=1S/C31H36BrN3O4S/c1-23-10-8-17-28(18-23)35(40(2,38)39)22-30(36)34(21-25-13-9-14-26(32)19-25)29(20-24-11-4-3-5-12-24)31(37)33-27-15-6-7-16-27/h3-5,8-14,17-19,27,29H,6-7,15-16,20-22H2,1-2H3,(H,33,37)/t29-/m0/s1. The van der Waals surface area contributed by atoms with Gasteiger partial charge in [0.15, 0.2) is 0 Å². The fraction of sp³-hybridized carbons (Fsp3) is 0.355. The van der Waals surface area contributed by atoms with Gasteiger partial charge in [0.2, 0.25) is 21.8 Å². The van der Waals surface area contributed by atoms with Crippen LogP contribution in [0.15, 0.2) is 83.3 Å². The maximum Gasteiger partial charge on any atom is 0.244 e. The van der Waals surface area contributed by atoms with Crippen LogP contribution in [0, 0.1) is 6.92 Å². The Balaban J connectivity index is 1.72. The van der Waals surface area contributed by atoms with Crippen LogP contribution in [0.4, 0.5) is 5.69 Å². The highest BCUT2D eigenvalue weighted by atomic mass is 79.9. The molecule has 9 heteroatoms. The molecule has 1 atom stereocenters. The van der Waals surface area contributed by atoms with E-state index in [0.29, 0.717) is 12.1 Å². The monoisotopic (exact) mass is 625 g/mol. The zero-order valence-electron chi connectivity index (χ0n) is 22.9. The van der Waals surface area contributed by atoms with E-state index in [9.17, 15) is 18.0 Å². The number of benzene rings is 3. The molecule has 3 aromatic rings. The third kappa shape index (κ3) is 8.17. The van der Waals surface area contributed by atoms with Gasteiger partial charge in [-0.25, -0.2) is 8.42 Å². The van der Waals surface area contributed by atoms with Crippen molar-refractivity contribution in [3.8, 4) is 0 Å². The summed E-state index contributed by atoms with van der Waals surface area (Å²) in [6, 6.07) is 23.5. The Morgan fingerprint density at radius 3 is 2.27 bits per heavy atom. The molecule has 1 aliphatic carbocycles. The van der Waals surface area contributed by atoms with Crippen LogP contribution in [0.3, 0.4) is 0 Å². The summed E-state index contributed by atoms with van der Waals surface area (Å²) in [5, 5.41) is 3.18. The smallest absolute Gasteiger partial charge is 0.244 e. The second-order valence-corrected chi connectivity index (χ2v) is 13.3. The van der Waals surface area contributed by atoms with Crippen molar-refractivity contribution in [1.82, 2.24) is 10.2 Å². The number of carbonyl (C=O) groups excluding carboxylic acids is 2. The van der Waals surface area contributed by atoms with Gasteiger partial charge >= 0.3 is 0 Å². The third-order valence-corrected chi connectivity index (χ3v) is 8.82. The predicted octanol–water partition coefficient (Wildman–Crippen LogP) is 5.22. The topological polar surface area (TPSA) is 86.8 Å². The van der Waals surface area contributed by atoms with Crippen LogP contribution < -0.4 is 9.62 Å². The minimum Gasteiger partial charge on any atom is -0.352 e. The Morgan fingerprint density at radius 2 is 1.62 bits per heavy atom. The molecule has 0 aromatic heterocycles. The van der Waals surface area contributed by atoms with Crippen LogP contribution in [-0.2, 0) is 32.6 Å². The minimum absolute atomic E-state index is 0.0772. The summed E-state index contributed by atoms with van der Waals surface area (Å²) in [4.78, 5) is 29.5. The summed E-state index contributed by atoms with van der Waals surface area (Å²) in [5.41, 5.74) is 3.03. The first-order chi connectivity index (χ1) is 19.1. The van der Waals surface area contributed by atoms with E-state index in [-0.39, 0.29) is 18.5 Å². The molecular formula is C31H36BrN3O4S. The van der Waals surface area contributed by atoms with Gasteiger partial charge in [-0.15, -0.1) is 0 Å². The Bertz CT molecular complexity index is 1430. The number of anilines is 1. The van der Waals surface area contributed by atoms with Crippen molar-refractivity contribution < 1.29 is 18.0 Å². The van der Waals surface area contributed by atoms with Gasteiger partial charge in [0.05, 0.1) is 11.9 Å². The lowest BCUT2D eigenvalue weighted by Gasteiger charge is -2.34. The molecule has 1 saturated carbocycles. The first-order valence-corrected chi connectivity index (χ1v) is 16.2. The Morgan fingerprint density at radius 1 is 0.950 bits per heavy atom. The van der Waals surface area contributed by atoms with Gasteiger partial charge in [-0.05, 0) is 60.7 Å². The molecule has 0 heterocycles. The van der Waals surface area contributed by atoms with E-state index >= 15 is 0 Å². The molecule has 3 aromatic carbocycles. The molecule has 212 valence electrons. The number of halogens is 1. The van der Waals surface area contributed by atoms with E-state index in [4.69, 9.17) is 0 Å². The quantitative estimate of drug-likeness (QED) is 0.316. The molecule has 0 spiro atoms. The van der Waals surface area contributed by atoms with E-state index in [0.717, 1.165) is 57.4 Å². The largest absolute Gasteiger partial charge is 0.352 e. The number of nitrogens with one attached hydrogen (secondary N) is 1. The predicted molar refractivity (Wildman–Crippen MR) is 162 cm³/mol. The van der Waals surface area contributed by atoms with Crippen LogP contribution in [0.1, 0.15) is 42.4 Å². The molecule has 2 amide bonds. The summed E-state index contributed by atoms with van der Waals surface area (Å²) in [6.45, 7) is 1.60. The molecule has 4 rings (SSSR count). The third-order valence-electron chi connectivity index (χ3n) is 7.18. The van der Waals surface area contributed by atoms with Crippen LogP contribution >= 0.6 is 15.9 Å². The van der Waals surface area contributed by atoms with Gasteiger partial charge in [0.1, 0.15) is 12.6 Å². The molecule has 0 saturated heterocycles. The zero-order valence-corrected chi connectivity index (χ0v) is 25.3. The Labute approximate surface area is 245 Å². The molecule has 1 fully saturated rings. The van der Waals surface area contributed by atoms with Gasteiger partial charge in [-0.3, -0.25) is 13.9 Å². The van der Waals surface area contributed by atoms with Gasteiger partial charge in [0, 0.05) is 23.5 Å². The van der Waals surface area contributed by atoms with E-state index in [1.165, 1.54) is 4.90 Å². The molecular weight excluding hydrogens is 590 g/mol. The van der Waals surface area contributed by atoms with E-state index < -0.39 is 28.5 Å². The fourth-order valence-corrected chi connectivity index (χ4v) is 6.44. The van der Waals surface area contributed by atoms with Crippen LogP contribution in [-0.4, -0.2) is 50.0 Å². The SMILES string of the molecule is Cc1cccc(N(CC(=O)N(Cc2cccc(Br)c2)[C@@H](Cc2ccccc2)C(=O)NC2CCCC2)S(C)(=O)=O)c1. The van der Waals surface area contributed by atoms with E-state index in [2.05, 4.69) is 21.2 Å². The summed E-state index contributed by atoms with van der Waals surface area (Å²) in [6.07, 6.45) is 5.36. The number of carbonyl (C=O) groups is 2. The highest BCUT2D eigenvalue weighted by Crippen LogP contribution is 2.23. The van der Waals surface area contributed by atoms with E-state index in [1.54, 1.807) is 18.2 Å². The number of sulfonamides is 1. The fourth-order valence-electron chi connectivity index (χ4n) is 5.15. The number of aryl methyl sites for hydroxylation is 1. The summed E-state index contributed by atoms with van der Waals surface area (Å²) in [7, 11) is -3.79. The number of amides is 2. The Hall–Kier alpha value is -3.17. The van der Waals surface area contributed by atoms with E-state index in [1.807, 2.05) is 67.6 Å². The lowest BCUT2D eigenvalue weighted by atomic mass is 10.0. The molecule has 0 radical (unpaired) electrons. The minimum atomic E-state index is -3.79. The molecule has 1 aliphatic rings. The van der Waals surface area contributed by atoms with Crippen molar-refractivity contribution in [2.75, 3.05) is 17.1 Å². The maximum atomic E-state index is 14.1. The van der Waals surface area contributed by atoms with Crippen molar-refractivity contribution in [3.63, 3.8) is 0 Å². The lowest BCUT2D eigenvalue weighted by Crippen LogP contribution is -2.54. The van der Waals surface area contributed by atoms with Crippen molar-refractivity contribution >= 4 is 43.5 Å². The van der Waals surface area contributed by atoms with Crippen molar-refractivity contribution in [1.29, 1.82) is 0 Å². The summed E-state index contributed by atoms with van der Waals surface area (Å²) >= 11 is 3.50. The number of hydrogen-bond acceptors (Lipinski definition) is 4. The molecule has 0 aliphatic heterocycles. The number of rotatable bonds is 11. The van der Waals surface area contributed by atoms with Crippen LogP contribution in [0.2, 0.25) is 0 Å². The normalized spacial score (nSPS) is 14.5. The van der Waals surface area contributed by atoms with Crippen LogP contribution in [0.25, 0.3) is 0 Å². The van der Waals surface area contributed by atoms with Gasteiger partial charge in [0.25, 0.3) is 0 Å². The molecule has 1 N–H and O–H groups in total. The second kappa shape index (κ2) is 13.5. The molecule has 0 unspecified atom stereocenters. The van der Waals surface area contributed by atoms with Crippen LogP contribution in [0.5, 0.6) is 0 Å². The van der Waals surface area contributed by atoms with Gasteiger partial charge in [-0.1, -0.05) is 83.4 Å². The average Bonchev–Trinajstić information content (AvgIpc) is 3.42. The molecule has 7 nitrogen and oxygen atoms in total. The molecule has 40 heavy (non-hydrogen) atoms. The van der Waals surface area contributed by atoms with Crippen molar-refractivity contribution in [2.24, 2.45) is 0 Å². The van der Waals surface area contributed by atoms with Crippen molar-refractivity contribution in [3.05, 3.63) is 100 Å². The van der Waals surface area contributed by atoms with Gasteiger partial charge in [-0.2, -0.15) is 0 Å². The summed E-state index contributed by atoms with van der Waals surface area (Å²) in [5.74, 6) is -0.671. The lowest BCUT2D eigenvalue weighted by molar-refractivity contribution is -0.140. The zero-order chi connectivity index (χ0) is 28.7. The first kappa shape index (κ1) is 29.8. The summed E-state index contributed by atoms with van der Waals surface area (Å²) < 4.78 is 27.8. The average molecular weight is 627 g/mol. The highest BCUT2D eigenvalue weighted by Gasteiger charge is 2.34. The van der Waals surface area contributed by atoms with Gasteiger partial charge < -0.3 is 10.2 Å². The Kier molecular flexibility index (Phi) is 10.0. The number of hydrogen-bond donors (Lipinski definition) is 1. The highest BCUT2D eigenvalue weighted by molar-refractivity contribution is 9.10.